The maximum Gasteiger partial charge on any atom is 0.140 e. The Bertz CT molecular complexity index is 474. The molecule has 0 aliphatic carbocycles. The van der Waals surface area contributed by atoms with Gasteiger partial charge < -0.3 is 15.0 Å². The van der Waals surface area contributed by atoms with E-state index < -0.39 is 0 Å². The summed E-state index contributed by atoms with van der Waals surface area (Å²) in [4.78, 5) is 4.58. The molecule has 4 nitrogen and oxygen atoms in total. The summed E-state index contributed by atoms with van der Waals surface area (Å²) in [6, 6.07) is 8.08. The van der Waals surface area contributed by atoms with Crippen molar-refractivity contribution in [3.8, 4) is 0 Å². The molecule has 2 aromatic rings. The van der Waals surface area contributed by atoms with Crippen molar-refractivity contribution in [2.45, 2.75) is 19.6 Å². The van der Waals surface area contributed by atoms with Crippen LogP contribution in [0.2, 0.25) is 0 Å². The van der Waals surface area contributed by atoms with Crippen LogP contribution in [-0.2, 0) is 11.3 Å². The number of methoxy groups -OCH3 is 1. The number of benzene rings is 1. The number of nitrogens with zero attached hydrogens (tertiary/aromatic N) is 2. The molecule has 4 heteroatoms. The van der Waals surface area contributed by atoms with Gasteiger partial charge in [0.05, 0.1) is 11.0 Å². The van der Waals surface area contributed by atoms with Crippen LogP contribution >= 0.6 is 0 Å². The number of hydrogen-bond acceptors (Lipinski definition) is 3. The van der Waals surface area contributed by atoms with Crippen molar-refractivity contribution in [1.82, 2.24) is 9.55 Å². The molecule has 0 saturated heterocycles. The van der Waals surface area contributed by atoms with E-state index in [1.54, 1.807) is 7.11 Å². The second-order valence-electron chi connectivity index (χ2n) is 3.66. The van der Waals surface area contributed by atoms with Gasteiger partial charge >= 0.3 is 0 Å². The largest absolute Gasteiger partial charge is 0.372 e. The van der Waals surface area contributed by atoms with E-state index in [1.165, 1.54) is 0 Å². The molecule has 1 unspecified atom stereocenters. The van der Waals surface area contributed by atoms with E-state index in [-0.39, 0.29) is 6.10 Å². The minimum atomic E-state index is -0.132. The molecule has 2 rings (SSSR count). The summed E-state index contributed by atoms with van der Waals surface area (Å²) in [5, 5.41) is 0. The highest BCUT2D eigenvalue weighted by atomic mass is 16.5. The number of imidazole rings is 1. The molecule has 0 aliphatic rings. The highest BCUT2D eigenvalue weighted by Crippen LogP contribution is 2.21. The third-order valence-corrected chi connectivity index (χ3v) is 2.79. The minimum absolute atomic E-state index is 0.132. The van der Waals surface area contributed by atoms with E-state index >= 15 is 0 Å². The fraction of sp³-hybridized carbons (Fsp3) is 0.417. The summed E-state index contributed by atoms with van der Waals surface area (Å²) in [6.45, 7) is 3.41. The lowest BCUT2D eigenvalue weighted by molar-refractivity contribution is 0.100. The van der Waals surface area contributed by atoms with E-state index in [0.29, 0.717) is 6.54 Å². The van der Waals surface area contributed by atoms with Crippen molar-refractivity contribution in [2.75, 3.05) is 13.7 Å². The molecule has 86 valence electrons. The Morgan fingerprint density at radius 2 is 2.19 bits per heavy atom. The zero-order valence-corrected chi connectivity index (χ0v) is 9.68. The minimum Gasteiger partial charge on any atom is -0.372 e. The lowest BCUT2D eigenvalue weighted by atomic mass is 10.3. The third kappa shape index (κ3) is 1.70. The van der Waals surface area contributed by atoms with Crippen LogP contribution in [0, 0.1) is 0 Å². The quantitative estimate of drug-likeness (QED) is 0.851. The monoisotopic (exact) mass is 219 g/mol. The van der Waals surface area contributed by atoms with Gasteiger partial charge in [0.25, 0.3) is 0 Å². The van der Waals surface area contributed by atoms with Gasteiger partial charge in [-0.3, -0.25) is 0 Å². The van der Waals surface area contributed by atoms with Crippen LogP contribution in [0.3, 0.4) is 0 Å². The summed E-state index contributed by atoms with van der Waals surface area (Å²) in [5.41, 5.74) is 7.81. The number of para-hydroxylation sites is 2. The molecule has 0 fully saturated rings. The smallest absolute Gasteiger partial charge is 0.140 e. The summed E-state index contributed by atoms with van der Waals surface area (Å²) in [5.74, 6) is 0.911. The van der Waals surface area contributed by atoms with Gasteiger partial charge in [0, 0.05) is 20.2 Å². The topological polar surface area (TPSA) is 53.1 Å². The van der Waals surface area contributed by atoms with Crippen molar-refractivity contribution in [3.05, 3.63) is 30.1 Å². The Kier molecular flexibility index (Phi) is 3.22. The van der Waals surface area contributed by atoms with Crippen LogP contribution in [0.4, 0.5) is 0 Å². The predicted octanol–water partition coefficient (Wildman–Crippen LogP) is 1.70. The molecule has 1 aromatic heterocycles. The van der Waals surface area contributed by atoms with Gasteiger partial charge in [0.15, 0.2) is 0 Å². The fourth-order valence-corrected chi connectivity index (χ4v) is 1.98. The second kappa shape index (κ2) is 4.63. The Labute approximate surface area is 95.0 Å². The normalized spacial score (nSPS) is 13.2. The first-order valence-corrected chi connectivity index (χ1v) is 5.49. The molecular formula is C12H17N3O. The van der Waals surface area contributed by atoms with Crippen molar-refractivity contribution >= 4 is 11.0 Å². The Morgan fingerprint density at radius 3 is 2.81 bits per heavy atom. The average molecular weight is 219 g/mol. The van der Waals surface area contributed by atoms with E-state index in [4.69, 9.17) is 10.5 Å². The van der Waals surface area contributed by atoms with E-state index in [9.17, 15) is 0 Å². The zero-order valence-electron chi connectivity index (χ0n) is 9.68. The van der Waals surface area contributed by atoms with Gasteiger partial charge in [-0.1, -0.05) is 12.1 Å². The lowest BCUT2D eigenvalue weighted by Crippen LogP contribution is -2.18. The Morgan fingerprint density at radius 1 is 1.44 bits per heavy atom. The van der Waals surface area contributed by atoms with Gasteiger partial charge in [-0.2, -0.15) is 0 Å². The Balaban J connectivity index is 2.60. The summed E-state index contributed by atoms with van der Waals surface area (Å²) >= 11 is 0. The number of rotatable bonds is 4. The lowest BCUT2D eigenvalue weighted by Gasteiger charge is -2.14. The van der Waals surface area contributed by atoms with Gasteiger partial charge in [-0.15, -0.1) is 0 Å². The zero-order chi connectivity index (χ0) is 11.5. The molecule has 16 heavy (non-hydrogen) atoms. The van der Waals surface area contributed by atoms with Gasteiger partial charge in [-0.05, 0) is 19.1 Å². The number of ether oxygens (including phenoxy) is 1. The van der Waals surface area contributed by atoms with E-state index in [2.05, 4.69) is 22.5 Å². The van der Waals surface area contributed by atoms with Crippen LogP contribution in [0.5, 0.6) is 0 Å². The molecule has 0 spiro atoms. The second-order valence-corrected chi connectivity index (χ2v) is 3.66. The third-order valence-electron chi connectivity index (χ3n) is 2.79. The van der Waals surface area contributed by atoms with Crippen molar-refractivity contribution < 1.29 is 4.74 Å². The number of nitrogens with two attached hydrogens (primary N) is 1. The van der Waals surface area contributed by atoms with Gasteiger partial charge in [0.2, 0.25) is 0 Å². The van der Waals surface area contributed by atoms with E-state index in [1.807, 2.05) is 18.2 Å². The first-order valence-electron chi connectivity index (χ1n) is 5.49. The number of fused-ring (bicyclic) bond motifs is 1. The Hall–Kier alpha value is -1.39. The molecule has 0 radical (unpaired) electrons. The first-order chi connectivity index (χ1) is 7.81. The van der Waals surface area contributed by atoms with Crippen LogP contribution in [-0.4, -0.2) is 23.2 Å². The maximum atomic E-state index is 5.68. The summed E-state index contributed by atoms with van der Waals surface area (Å²) in [7, 11) is 1.66. The standard InChI is InChI=1S/C12H17N3O/c1-3-15-10-7-5-4-6-9(10)14-12(15)11(8-13)16-2/h4-7,11H,3,8,13H2,1-2H3. The molecule has 0 saturated carbocycles. The number of aromatic nitrogens is 2. The molecule has 1 aromatic carbocycles. The van der Waals surface area contributed by atoms with Crippen molar-refractivity contribution in [1.29, 1.82) is 0 Å². The van der Waals surface area contributed by atoms with Crippen molar-refractivity contribution in [2.24, 2.45) is 5.73 Å². The summed E-state index contributed by atoms with van der Waals surface area (Å²) in [6.07, 6.45) is -0.132. The van der Waals surface area contributed by atoms with Gasteiger partial charge in [0.1, 0.15) is 11.9 Å². The molecule has 1 atom stereocenters. The highest BCUT2D eigenvalue weighted by molar-refractivity contribution is 5.75. The molecule has 0 bridgehead atoms. The SMILES string of the molecule is CCn1c(C(CN)OC)nc2ccccc21. The van der Waals surface area contributed by atoms with Crippen LogP contribution in [0.25, 0.3) is 11.0 Å². The molecule has 0 aliphatic heterocycles. The van der Waals surface area contributed by atoms with Gasteiger partial charge in [-0.25, -0.2) is 4.98 Å². The van der Waals surface area contributed by atoms with Crippen LogP contribution in [0.15, 0.2) is 24.3 Å². The predicted molar refractivity (Wildman–Crippen MR) is 64.2 cm³/mol. The molecule has 2 N–H and O–H groups in total. The highest BCUT2D eigenvalue weighted by Gasteiger charge is 2.17. The first kappa shape index (κ1) is 11.1. The van der Waals surface area contributed by atoms with Crippen molar-refractivity contribution in [3.63, 3.8) is 0 Å². The van der Waals surface area contributed by atoms with Crippen LogP contribution < -0.4 is 5.73 Å². The van der Waals surface area contributed by atoms with E-state index in [0.717, 1.165) is 23.4 Å². The number of hydrogen-bond donors (Lipinski definition) is 1. The molecule has 0 amide bonds. The summed E-state index contributed by atoms with van der Waals surface area (Å²) < 4.78 is 7.50. The number of aryl methyl sites for hydroxylation is 1. The molecular weight excluding hydrogens is 202 g/mol. The maximum absolute atomic E-state index is 5.68. The fourth-order valence-electron chi connectivity index (χ4n) is 1.98. The average Bonchev–Trinajstić information content (AvgIpc) is 2.69. The van der Waals surface area contributed by atoms with Crippen LogP contribution in [0.1, 0.15) is 18.9 Å². The molecule has 1 heterocycles.